The first kappa shape index (κ1) is 25.4. The SMILES string of the molecule is CN=C(NCc1cccc(CN2CCOCC2)c1)NCC(C)Oc1cccc(C)c1.I. The first-order chi connectivity index (χ1) is 14.6. The van der Waals surface area contributed by atoms with E-state index in [1.165, 1.54) is 16.7 Å². The molecule has 6 nitrogen and oxygen atoms in total. The number of hydrogen-bond acceptors (Lipinski definition) is 4. The molecule has 1 atom stereocenters. The number of benzene rings is 2. The van der Waals surface area contributed by atoms with Crippen molar-refractivity contribution >= 4 is 29.9 Å². The van der Waals surface area contributed by atoms with Gasteiger partial charge in [0.2, 0.25) is 0 Å². The van der Waals surface area contributed by atoms with E-state index in [1.807, 2.05) is 18.2 Å². The van der Waals surface area contributed by atoms with Gasteiger partial charge in [-0.15, -0.1) is 24.0 Å². The summed E-state index contributed by atoms with van der Waals surface area (Å²) < 4.78 is 11.4. The van der Waals surface area contributed by atoms with Crippen molar-refractivity contribution in [3.05, 3.63) is 65.2 Å². The summed E-state index contributed by atoms with van der Waals surface area (Å²) in [6, 6.07) is 16.8. The number of nitrogens with one attached hydrogen (secondary N) is 2. The number of aryl methyl sites for hydroxylation is 1. The van der Waals surface area contributed by atoms with Crippen LogP contribution in [0.2, 0.25) is 0 Å². The van der Waals surface area contributed by atoms with Crippen LogP contribution in [0, 0.1) is 6.92 Å². The van der Waals surface area contributed by atoms with Crippen LogP contribution in [-0.2, 0) is 17.8 Å². The van der Waals surface area contributed by atoms with Gasteiger partial charge in [-0.3, -0.25) is 9.89 Å². The van der Waals surface area contributed by atoms with Gasteiger partial charge in [0.25, 0.3) is 0 Å². The Morgan fingerprint density at radius 1 is 1.10 bits per heavy atom. The molecule has 2 aromatic rings. The summed E-state index contributed by atoms with van der Waals surface area (Å²) in [7, 11) is 1.79. The average molecular weight is 538 g/mol. The molecule has 0 amide bonds. The van der Waals surface area contributed by atoms with Crippen LogP contribution in [0.15, 0.2) is 53.5 Å². The summed E-state index contributed by atoms with van der Waals surface area (Å²) in [5, 5.41) is 6.74. The second kappa shape index (κ2) is 13.5. The third-order valence-electron chi connectivity index (χ3n) is 5.07. The third kappa shape index (κ3) is 9.04. The summed E-state index contributed by atoms with van der Waals surface area (Å²) in [6.07, 6.45) is 0.0298. The van der Waals surface area contributed by atoms with Crippen molar-refractivity contribution in [1.29, 1.82) is 0 Å². The van der Waals surface area contributed by atoms with E-state index in [-0.39, 0.29) is 30.1 Å². The molecule has 0 bridgehead atoms. The normalized spacial score (nSPS) is 15.6. The zero-order valence-electron chi connectivity index (χ0n) is 18.8. The van der Waals surface area contributed by atoms with Crippen molar-refractivity contribution < 1.29 is 9.47 Å². The predicted octanol–water partition coefficient (Wildman–Crippen LogP) is 3.58. The minimum Gasteiger partial charge on any atom is -0.489 e. The number of nitrogens with zero attached hydrogens (tertiary/aromatic N) is 2. The molecule has 0 radical (unpaired) electrons. The molecule has 1 unspecified atom stereocenters. The zero-order chi connectivity index (χ0) is 21.2. The van der Waals surface area contributed by atoms with Gasteiger partial charge in [0.15, 0.2) is 5.96 Å². The summed E-state index contributed by atoms with van der Waals surface area (Å²) in [5.41, 5.74) is 3.77. The molecule has 170 valence electrons. The monoisotopic (exact) mass is 538 g/mol. The summed E-state index contributed by atoms with van der Waals surface area (Å²) in [6.45, 7) is 10.1. The van der Waals surface area contributed by atoms with Gasteiger partial charge in [0.1, 0.15) is 11.9 Å². The lowest BCUT2D eigenvalue weighted by molar-refractivity contribution is 0.0342. The van der Waals surface area contributed by atoms with E-state index in [0.717, 1.165) is 51.1 Å². The minimum atomic E-state index is 0. The fourth-order valence-electron chi connectivity index (χ4n) is 3.46. The first-order valence-corrected chi connectivity index (χ1v) is 10.7. The van der Waals surface area contributed by atoms with Crippen molar-refractivity contribution in [1.82, 2.24) is 15.5 Å². The Labute approximate surface area is 203 Å². The number of guanidine groups is 1. The maximum Gasteiger partial charge on any atom is 0.191 e. The van der Waals surface area contributed by atoms with E-state index in [0.29, 0.717) is 6.54 Å². The maximum absolute atomic E-state index is 5.98. The Morgan fingerprint density at radius 3 is 2.58 bits per heavy atom. The Balaban J connectivity index is 0.00000341. The number of aliphatic imine (C=N–C) groups is 1. The maximum atomic E-state index is 5.98. The molecular weight excluding hydrogens is 503 g/mol. The van der Waals surface area contributed by atoms with Gasteiger partial charge in [-0.1, -0.05) is 36.4 Å². The minimum absolute atomic E-state index is 0. The molecule has 7 heteroatoms. The van der Waals surface area contributed by atoms with Crippen LogP contribution >= 0.6 is 24.0 Å². The number of hydrogen-bond donors (Lipinski definition) is 2. The van der Waals surface area contributed by atoms with Gasteiger partial charge in [0.05, 0.1) is 19.8 Å². The van der Waals surface area contributed by atoms with Crippen LogP contribution in [-0.4, -0.2) is 56.9 Å². The summed E-state index contributed by atoms with van der Waals surface area (Å²) in [5.74, 6) is 1.66. The standard InChI is InChI=1S/C24H34N4O2.HI/c1-19-6-4-9-23(14-19)30-20(2)16-26-24(25-3)27-17-21-7-5-8-22(15-21)18-28-10-12-29-13-11-28;/h4-9,14-15,20H,10-13,16-18H2,1-3H3,(H2,25,26,27);1H. The van der Waals surface area contributed by atoms with Crippen LogP contribution in [0.3, 0.4) is 0 Å². The highest BCUT2D eigenvalue weighted by atomic mass is 127. The fourth-order valence-corrected chi connectivity index (χ4v) is 3.46. The molecule has 0 aromatic heterocycles. The zero-order valence-corrected chi connectivity index (χ0v) is 21.1. The lowest BCUT2D eigenvalue weighted by Gasteiger charge is -2.26. The third-order valence-corrected chi connectivity index (χ3v) is 5.07. The van der Waals surface area contributed by atoms with Crippen LogP contribution in [0.25, 0.3) is 0 Å². The van der Waals surface area contributed by atoms with Crippen molar-refractivity contribution in [3.63, 3.8) is 0 Å². The van der Waals surface area contributed by atoms with Crippen LogP contribution in [0.4, 0.5) is 0 Å². The molecule has 1 aliphatic rings. The largest absolute Gasteiger partial charge is 0.489 e. The lowest BCUT2D eigenvalue weighted by Crippen LogP contribution is -2.41. The van der Waals surface area contributed by atoms with E-state index in [4.69, 9.17) is 9.47 Å². The average Bonchev–Trinajstić information content (AvgIpc) is 2.75. The number of rotatable bonds is 8. The van der Waals surface area contributed by atoms with E-state index in [9.17, 15) is 0 Å². The molecular formula is C24H35IN4O2. The molecule has 2 N–H and O–H groups in total. The Hall–Kier alpha value is -1.84. The van der Waals surface area contributed by atoms with Gasteiger partial charge in [-0.05, 0) is 42.7 Å². The smallest absolute Gasteiger partial charge is 0.191 e. The van der Waals surface area contributed by atoms with E-state index in [2.05, 4.69) is 64.7 Å². The van der Waals surface area contributed by atoms with Crippen molar-refractivity contribution in [2.45, 2.75) is 33.0 Å². The molecule has 1 saturated heterocycles. The molecule has 0 spiro atoms. The van der Waals surface area contributed by atoms with Gasteiger partial charge in [0, 0.05) is 33.2 Å². The highest BCUT2D eigenvalue weighted by molar-refractivity contribution is 14.0. The Morgan fingerprint density at radius 2 is 1.84 bits per heavy atom. The van der Waals surface area contributed by atoms with Gasteiger partial charge >= 0.3 is 0 Å². The Kier molecular flexibility index (Phi) is 11.1. The van der Waals surface area contributed by atoms with Crippen molar-refractivity contribution in [2.24, 2.45) is 4.99 Å². The molecule has 1 heterocycles. The highest BCUT2D eigenvalue weighted by Gasteiger charge is 2.11. The van der Waals surface area contributed by atoms with Crippen molar-refractivity contribution in [2.75, 3.05) is 39.9 Å². The topological polar surface area (TPSA) is 58.1 Å². The lowest BCUT2D eigenvalue weighted by atomic mass is 10.1. The molecule has 31 heavy (non-hydrogen) atoms. The second-order valence-electron chi connectivity index (χ2n) is 7.76. The predicted molar refractivity (Wildman–Crippen MR) is 137 cm³/mol. The van der Waals surface area contributed by atoms with Crippen LogP contribution in [0.5, 0.6) is 5.75 Å². The quantitative estimate of drug-likeness (QED) is 0.306. The molecule has 2 aromatic carbocycles. The van der Waals surface area contributed by atoms with Crippen molar-refractivity contribution in [3.8, 4) is 5.75 Å². The second-order valence-corrected chi connectivity index (χ2v) is 7.76. The molecule has 3 rings (SSSR count). The summed E-state index contributed by atoms with van der Waals surface area (Å²) >= 11 is 0. The molecule has 0 aliphatic carbocycles. The first-order valence-electron chi connectivity index (χ1n) is 10.7. The Bertz CT molecular complexity index is 825. The van der Waals surface area contributed by atoms with Gasteiger partial charge in [-0.25, -0.2) is 0 Å². The number of ether oxygens (including phenoxy) is 2. The van der Waals surface area contributed by atoms with Gasteiger partial charge in [-0.2, -0.15) is 0 Å². The van der Waals surface area contributed by atoms with E-state index >= 15 is 0 Å². The number of morpholine rings is 1. The molecule has 1 fully saturated rings. The van der Waals surface area contributed by atoms with Crippen LogP contribution in [0.1, 0.15) is 23.6 Å². The molecule has 0 saturated carbocycles. The van der Waals surface area contributed by atoms with E-state index < -0.39 is 0 Å². The number of halogens is 1. The van der Waals surface area contributed by atoms with Gasteiger partial charge < -0.3 is 20.1 Å². The van der Waals surface area contributed by atoms with E-state index in [1.54, 1.807) is 7.05 Å². The summed E-state index contributed by atoms with van der Waals surface area (Å²) in [4.78, 5) is 6.77. The molecule has 1 aliphatic heterocycles. The highest BCUT2D eigenvalue weighted by Crippen LogP contribution is 2.14. The van der Waals surface area contributed by atoms with Crippen LogP contribution < -0.4 is 15.4 Å². The fraction of sp³-hybridized carbons (Fsp3) is 0.458.